The number of benzene rings is 2. The van der Waals surface area contributed by atoms with Crippen molar-refractivity contribution in [1.29, 1.82) is 0 Å². The van der Waals surface area contributed by atoms with Gasteiger partial charge in [-0.2, -0.15) is 0 Å². The number of hydrogen-bond donors (Lipinski definition) is 1. The highest BCUT2D eigenvalue weighted by Crippen LogP contribution is 2.29. The van der Waals surface area contributed by atoms with E-state index in [2.05, 4.69) is 57.1 Å². The Hall–Kier alpha value is -2.86. The van der Waals surface area contributed by atoms with Crippen LogP contribution in [0.15, 0.2) is 48.5 Å². The van der Waals surface area contributed by atoms with E-state index in [1.54, 1.807) is 0 Å². The van der Waals surface area contributed by atoms with E-state index in [4.69, 9.17) is 4.98 Å². The van der Waals surface area contributed by atoms with Crippen LogP contribution in [0.4, 0.5) is 5.69 Å². The second-order valence-electron chi connectivity index (χ2n) is 8.41. The molecule has 2 heterocycles. The van der Waals surface area contributed by atoms with Crippen molar-refractivity contribution in [2.45, 2.75) is 12.8 Å². The summed E-state index contributed by atoms with van der Waals surface area (Å²) in [4.78, 5) is 21.9. The molecule has 1 saturated heterocycles. The number of likely N-dealkylation sites (N-methyl/N-ethyl adjacent to an activating group) is 1. The number of carbonyl (C=O) groups excluding carboxylic acids is 1. The van der Waals surface area contributed by atoms with Crippen molar-refractivity contribution in [2.24, 2.45) is 13.0 Å². The van der Waals surface area contributed by atoms with E-state index >= 15 is 0 Å². The number of hydrogen-bond acceptors (Lipinski definition) is 4. The molecule has 1 N–H and O–H groups in total. The number of aromatic nitrogens is 2. The number of anilines is 1. The molecule has 1 atom stereocenters. The van der Waals surface area contributed by atoms with Gasteiger partial charge in [0.15, 0.2) is 0 Å². The maximum atomic E-state index is 12.6. The number of fused-ring (bicyclic) bond motifs is 1. The summed E-state index contributed by atoms with van der Waals surface area (Å²) in [6.07, 6.45) is 1.98. The number of amides is 1. The van der Waals surface area contributed by atoms with Gasteiger partial charge in [0, 0.05) is 44.5 Å². The number of para-hydroxylation sites is 2. The Morgan fingerprint density at radius 2 is 2.03 bits per heavy atom. The van der Waals surface area contributed by atoms with Gasteiger partial charge in [0.2, 0.25) is 5.91 Å². The summed E-state index contributed by atoms with van der Waals surface area (Å²) >= 11 is 0. The summed E-state index contributed by atoms with van der Waals surface area (Å²) in [6.45, 7) is 3.31. The molecule has 0 spiro atoms. The molecule has 0 saturated carbocycles. The molecule has 158 valence electrons. The fraction of sp³-hybridized carbons (Fsp3) is 0.417. The first kappa shape index (κ1) is 20.4. The first-order valence-electron chi connectivity index (χ1n) is 10.7. The lowest BCUT2D eigenvalue weighted by molar-refractivity contribution is -0.125. The van der Waals surface area contributed by atoms with Gasteiger partial charge in [0.25, 0.3) is 0 Å². The van der Waals surface area contributed by atoms with Gasteiger partial charge in [-0.25, -0.2) is 4.98 Å². The van der Waals surface area contributed by atoms with Crippen LogP contribution in [0, 0.1) is 5.92 Å². The lowest BCUT2D eigenvalue weighted by Crippen LogP contribution is -2.44. The van der Waals surface area contributed by atoms with Gasteiger partial charge in [0.05, 0.1) is 17.0 Å². The molecular formula is C24H31N5O. The van der Waals surface area contributed by atoms with Crippen molar-refractivity contribution in [2.75, 3.05) is 45.2 Å². The van der Waals surface area contributed by atoms with Gasteiger partial charge in [-0.1, -0.05) is 24.3 Å². The Kier molecular flexibility index (Phi) is 6.04. The van der Waals surface area contributed by atoms with Gasteiger partial charge >= 0.3 is 0 Å². The second-order valence-corrected chi connectivity index (χ2v) is 8.41. The third-order valence-electron chi connectivity index (χ3n) is 5.91. The van der Waals surface area contributed by atoms with Crippen molar-refractivity contribution < 1.29 is 4.79 Å². The number of nitrogens with one attached hydrogen (secondary N) is 1. The van der Waals surface area contributed by atoms with E-state index in [1.165, 1.54) is 0 Å². The summed E-state index contributed by atoms with van der Waals surface area (Å²) < 4.78 is 2.14. The van der Waals surface area contributed by atoms with Crippen LogP contribution >= 0.6 is 0 Å². The van der Waals surface area contributed by atoms with Gasteiger partial charge in [-0.05, 0) is 51.2 Å². The molecule has 6 heteroatoms. The summed E-state index contributed by atoms with van der Waals surface area (Å²) in [5.41, 5.74) is 4.40. The average molecular weight is 406 g/mol. The van der Waals surface area contributed by atoms with E-state index in [1.807, 2.05) is 32.3 Å². The molecule has 4 rings (SSSR count). The lowest BCUT2D eigenvalue weighted by Gasteiger charge is -2.34. The topological polar surface area (TPSA) is 53.4 Å². The van der Waals surface area contributed by atoms with Crippen molar-refractivity contribution >= 4 is 22.6 Å². The second kappa shape index (κ2) is 8.88. The summed E-state index contributed by atoms with van der Waals surface area (Å²) in [5, 5.41) is 3.09. The molecule has 1 aromatic heterocycles. The predicted octanol–water partition coefficient (Wildman–Crippen LogP) is 3.13. The molecule has 3 aromatic rings. The van der Waals surface area contributed by atoms with E-state index in [9.17, 15) is 4.79 Å². The Morgan fingerprint density at radius 1 is 1.20 bits per heavy atom. The third kappa shape index (κ3) is 4.33. The Balaban J connectivity index is 1.50. The average Bonchev–Trinajstić information content (AvgIpc) is 3.10. The normalized spacial score (nSPS) is 16.9. The van der Waals surface area contributed by atoms with Crippen LogP contribution < -0.4 is 10.2 Å². The summed E-state index contributed by atoms with van der Waals surface area (Å²) in [5.74, 6) is 1.18. The maximum absolute atomic E-state index is 12.6. The standard InChI is InChI=1S/C24H31N5O/c1-27(2)15-13-25-24(30)19-9-7-14-29(17-19)20-10-6-8-18(16-20)23-26-21-11-4-5-12-22(21)28(23)3/h4-6,8,10-12,16,19H,7,9,13-15,17H2,1-3H3,(H,25,30). The minimum Gasteiger partial charge on any atom is -0.371 e. The Labute approximate surface area is 178 Å². The van der Waals surface area contributed by atoms with Crippen LogP contribution in [-0.2, 0) is 11.8 Å². The monoisotopic (exact) mass is 405 g/mol. The number of nitrogens with zero attached hydrogens (tertiary/aromatic N) is 4. The van der Waals surface area contributed by atoms with Gasteiger partial charge in [0.1, 0.15) is 5.82 Å². The van der Waals surface area contributed by atoms with Crippen molar-refractivity contribution in [3.8, 4) is 11.4 Å². The van der Waals surface area contributed by atoms with Gasteiger partial charge < -0.3 is 19.7 Å². The Bertz CT molecular complexity index is 1030. The molecule has 0 radical (unpaired) electrons. The highest BCUT2D eigenvalue weighted by molar-refractivity contribution is 5.81. The largest absolute Gasteiger partial charge is 0.371 e. The zero-order valence-electron chi connectivity index (χ0n) is 18.1. The summed E-state index contributed by atoms with van der Waals surface area (Å²) in [6, 6.07) is 16.7. The molecule has 30 heavy (non-hydrogen) atoms. The van der Waals surface area contributed by atoms with Crippen molar-refractivity contribution in [3.05, 3.63) is 48.5 Å². The van der Waals surface area contributed by atoms with E-state index in [-0.39, 0.29) is 11.8 Å². The quantitative estimate of drug-likeness (QED) is 0.685. The van der Waals surface area contributed by atoms with Crippen LogP contribution in [0.25, 0.3) is 22.4 Å². The first-order chi connectivity index (χ1) is 14.5. The molecule has 6 nitrogen and oxygen atoms in total. The van der Waals surface area contributed by atoms with Crippen molar-refractivity contribution in [1.82, 2.24) is 19.8 Å². The molecule has 1 amide bonds. The number of piperidine rings is 1. The minimum atomic E-state index is 0.0420. The molecule has 1 aliphatic rings. The first-order valence-corrected chi connectivity index (χ1v) is 10.7. The third-order valence-corrected chi connectivity index (χ3v) is 5.91. The molecule has 0 bridgehead atoms. The van der Waals surface area contributed by atoms with E-state index in [0.29, 0.717) is 6.54 Å². The fourth-order valence-electron chi connectivity index (χ4n) is 4.22. The van der Waals surface area contributed by atoms with Crippen molar-refractivity contribution in [3.63, 3.8) is 0 Å². The number of aryl methyl sites for hydroxylation is 1. The molecular weight excluding hydrogens is 374 g/mol. The molecule has 1 aliphatic heterocycles. The number of rotatable bonds is 6. The molecule has 0 aliphatic carbocycles. The molecule has 1 unspecified atom stereocenters. The fourth-order valence-corrected chi connectivity index (χ4v) is 4.22. The van der Waals surface area contributed by atoms with Crippen LogP contribution in [-0.4, -0.2) is 60.6 Å². The maximum Gasteiger partial charge on any atom is 0.224 e. The number of imidazole rings is 1. The zero-order valence-corrected chi connectivity index (χ0v) is 18.1. The number of carbonyl (C=O) groups is 1. The Morgan fingerprint density at radius 3 is 2.83 bits per heavy atom. The SMILES string of the molecule is CN(C)CCNC(=O)C1CCCN(c2cccc(-c3nc4ccccc4n3C)c2)C1. The van der Waals surface area contributed by atoms with Crippen LogP contribution in [0.1, 0.15) is 12.8 Å². The highest BCUT2D eigenvalue weighted by Gasteiger charge is 2.26. The predicted molar refractivity (Wildman–Crippen MR) is 123 cm³/mol. The molecule has 2 aromatic carbocycles. The minimum absolute atomic E-state index is 0.0420. The van der Waals surface area contributed by atoms with Crippen LogP contribution in [0.2, 0.25) is 0 Å². The smallest absolute Gasteiger partial charge is 0.224 e. The van der Waals surface area contributed by atoms with Crippen LogP contribution in [0.5, 0.6) is 0 Å². The molecule has 1 fully saturated rings. The van der Waals surface area contributed by atoms with Gasteiger partial charge in [-0.15, -0.1) is 0 Å². The summed E-state index contributed by atoms with van der Waals surface area (Å²) in [7, 11) is 6.10. The zero-order chi connectivity index (χ0) is 21.1. The lowest BCUT2D eigenvalue weighted by atomic mass is 9.96. The highest BCUT2D eigenvalue weighted by atomic mass is 16.1. The van der Waals surface area contributed by atoms with Crippen LogP contribution in [0.3, 0.4) is 0 Å². The van der Waals surface area contributed by atoms with E-state index < -0.39 is 0 Å². The van der Waals surface area contributed by atoms with E-state index in [0.717, 1.165) is 60.6 Å². The van der Waals surface area contributed by atoms with Gasteiger partial charge in [-0.3, -0.25) is 4.79 Å².